The first-order valence-corrected chi connectivity index (χ1v) is 6.27. The standard InChI is InChI=1S/C15H15N3O/c1-10-7-11-4-6-18(14(11)8-13(10)16)15(19)12-3-2-5-17-9-12/h2-3,5,7-9H,4,6,16H2,1H3. The summed E-state index contributed by atoms with van der Waals surface area (Å²) in [7, 11) is 0. The molecule has 0 atom stereocenters. The molecule has 0 aliphatic carbocycles. The van der Waals surface area contributed by atoms with Crippen LogP contribution < -0.4 is 10.6 Å². The number of nitrogens with zero attached hydrogens (tertiary/aromatic N) is 2. The minimum Gasteiger partial charge on any atom is -0.398 e. The monoisotopic (exact) mass is 253 g/mol. The van der Waals surface area contributed by atoms with Gasteiger partial charge in [0.15, 0.2) is 0 Å². The second-order valence-electron chi connectivity index (χ2n) is 4.79. The summed E-state index contributed by atoms with van der Waals surface area (Å²) in [5.74, 6) is -0.0184. The number of fused-ring (bicyclic) bond motifs is 1. The quantitative estimate of drug-likeness (QED) is 0.792. The number of hydrogen-bond donors (Lipinski definition) is 1. The molecule has 2 N–H and O–H groups in total. The van der Waals surface area contributed by atoms with Gasteiger partial charge in [0.25, 0.3) is 5.91 Å². The van der Waals surface area contributed by atoms with Gasteiger partial charge in [0.1, 0.15) is 0 Å². The maximum absolute atomic E-state index is 12.5. The topological polar surface area (TPSA) is 59.2 Å². The summed E-state index contributed by atoms with van der Waals surface area (Å²) in [5, 5.41) is 0. The van der Waals surface area contributed by atoms with E-state index in [0.717, 1.165) is 23.4 Å². The Balaban J connectivity index is 1.99. The molecule has 0 spiro atoms. The van der Waals surface area contributed by atoms with Crippen molar-refractivity contribution < 1.29 is 4.79 Å². The fourth-order valence-corrected chi connectivity index (χ4v) is 2.43. The Morgan fingerprint density at radius 2 is 2.26 bits per heavy atom. The average molecular weight is 253 g/mol. The largest absolute Gasteiger partial charge is 0.398 e. The zero-order chi connectivity index (χ0) is 13.4. The number of nitrogen functional groups attached to an aromatic ring is 1. The third-order valence-electron chi connectivity index (χ3n) is 3.52. The minimum atomic E-state index is -0.0184. The van der Waals surface area contributed by atoms with Crippen LogP contribution in [0, 0.1) is 6.92 Å². The van der Waals surface area contributed by atoms with E-state index in [9.17, 15) is 4.79 Å². The summed E-state index contributed by atoms with van der Waals surface area (Å²) < 4.78 is 0. The molecule has 1 aliphatic heterocycles. The third kappa shape index (κ3) is 1.95. The van der Waals surface area contributed by atoms with Gasteiger partial charge in [-0.15, -0.1) is 0 Å². The van der Waals surface area contributed by atoms with Crippen LogP contribution in [0.15, 0.2) is 36.7 Å². The first kappa shape index (κ1) is 11.7. The van der Waals surface area contributed by atoms with E-state index in [1.807, 2.05) is 13.0 Å². The first-order valence-electron chi connectivity index (χ1n) is 6.27. The molecule has 3 rings (SSSR count). The number of pyridine rings is 1. The molecule has 0 saturated heterocycles. The molecule has 0 fully saturated rings. The molecule has 1 aromatic heterocycles. The lowest BCUT2D eigenvalue weighted by atomic mass is 10.1. The summed E-state index contributed by atoms with van der Waals surface area (Å²) in [6.07, 6.45) is 4.14. The number of aryl methyl sites for hydroxylation is 1. The molecular formula is C15H15N3O. The Hall–Kier alpha value is -2.36. The molecule has 1 amide bonds. The van der Waals surface area contributed by atoms with E-state index < -0.39 is 0 Å². The predicted octanol–water partition coefficient (Wildman–Crippen LogP) is 2.18. The zero-order valence-electron chi connectivity index (χ0n) is 10.8. The summed E-state index contributed by atoms with van der Waals surface area (Å²) in [4.78, 5) is 18.2. The van der Waals surface area contributed by atoms with Crippen LogP contribution in [0.2, 0.25) is 0 Å². The Morgan fingerprint density at radius 1 is 1.42 bits per heavy atom. The molecular weight excluding hydrogens is 238 g/mol. The van der Waals surface area contributed by atoms with Gasteiger partial charge in [-0.2, -0.15) is 0 Å². The highest BCUT2D eigenvalue weighted by atomic mass is 16.2. The number of carbonyl (C=O) groups excluding carboxylic acids is 1. The van der Waals surface area contributed by atoms with Crippen molar-refractivity contribution in [1.82, 2.24) is 4.98 Å². The van der Waals surface area contributed by atoms with E-state index >= 15 is 0 Å². The molecule has 1 aliphatic rings. The first-order chi connectivity index (χ1) is 9.16. The SMILES string of the molecule is Cc1cc2c(cc1N)N(C(=O)c1cccnc1)CC2. The fourth-order valence-electron chi connectivity index (χ4n) is 2.43. The van der Waals surface area contributed by atoms with E-state index in [1.54, 1.807) is 29.4 Å². The van der Waals surface area contributed by atoms with Crippen LogP contribution in [-0.2, 0) is 6.42 Å². The smallest absolute Gasteiger partial charge is 0.259 e. The number of aromatic nitrogens is 1. The predicted molar refractivity (Wildman–Crippen MR) is 75.2 cm³/mol. The maximum atomic E-state index is 12.5. The summed E-state index contributed by atoms with van der Waals surface area (Å²) in [6.45, 7) is 2.69. The number of nitrogens with two attached hydrogens (primary N) is 1. The van der Waals surface area contributed by atoms with Gasteiger partial charge in [-0.05, 0) is 42.7 Å². The molecule has 2 aromatic rings. The van der Waals surface area contributed by atoms with E-state index in [2.05, 4.69) is 11.1 Å². The van der Waals surface area contributed by atoms with Gasteiger partial charge in [0.2, 0.25) is 0 Å². The van der Waals surface area contributed by atoms with Gasteiger partial charge in [0, 0.05) is 30.3 Å². The van der Waals surface area contributed by atoms with Crippen molar-refractivity contribution in [3.8, 4) is 0 Å². The van der Waals surface area contributed by atoms with Crippen LogP contribution in [0.25, 0.3) is 0 Å². The Labute approximate surface area is 111 Å². The summed E-state index contributed by atoms with van der Waals surface area (Å²) in [6, 6.07) is 7.52. The van der Waals surface area contributed by atoms with Gasteiger partial charge in [-0.1, -0.05) is 6.07 Å². The van der Waals surface area contributed by atoms with Gasteiger partial charge >= 0.3 is 0 Å². The third-order valence-corrected chi connectivity index (χ3v) is 3.52. The van der Waals surface area contributed by atoms with Crippen molar-refractivity contribution in [1.29, 1.82) is 0 Å². The van der Waals surface area contributed by atoms with Crippen molar-refractivity contribution in [2.75, 3.05) is 17.2 Å². The number of hydrogen-bond acceptors (Lipinski definition) is 3. The van der Waals surface area contributed by atoms with E-state index in [1.165, 1.54) is 5.56 Å². The van der Waals surface area contributed by atoms with Crippen LogP contribution >= 0.6 is 0 Å². The van der Waals surface area contributed by atoms with Gasteiger partial charge in [-0.3, -0.25) is 9.78 Å². The van der Waals surface area contributed by atoms with E-state index in [-0.39, 0.29) is 5.91 Å². The Bertz CT molecular complexity index is 637. The number of rotatable bonds is 1. The lowest BCUT2D eigenvalue weighted by molar-refractivity contribution is 0.0989. The molecule has 96 valence electrons. The van der Waals surface area contributed by atoms with Crippen molar-refractivity contribution >= 4 is 17.3 Å². The van der Waals surface area contributed by atoms with Crippen LogP contribution in [0.3, 0.4) is 0 Å². The minimum absolute atomic E-state index is 0.0184. The van der Waals surface area contributed by atoms with E-state index in [4.69, 9.17) is 5.73 Å². The molecule has 2 heterocycles. The lowest BCUT2D eigenvalue weighted by Crippen LogP contribution is -2.29. The second kappa shape index (κ2) is 4.39. The van der Waals surface area contributed by atoms with Crippen molar-refractivity contribution in [2.45, 2.75) is 13.3 Å². The zero-order valence-corrected chi connectivity index (χ0v) is 10.8. The van der Waals surface area contributed by atoms with Crippen molar-refractivity contribution in [3.63, 3.8) is 0 Å². The highest BCUT2D eigenvalue weighted by Crippen LogP contribution is 2.32. The van der Waals surface area contributed by atoms with Crippen molar-refractivity contribution in [3.05, 3.63) is 53.3 Å². The summed E-state index contributed by atoms with van der Waals surface area (Å²) in [5.41, 5.74) is 10.5. The van der Waals surface area contributed by atoms with Crippen molar-refractivity contribution in [2.24, 2.45) is 0 Å². The highest BCUT2D eigenvalue weighted by molar-refractivity contribution is 6.07. The van der Waals surface area contributed by atoms with Crippen LogP contribution in [-0.4, -0.2) is 17.4 Å². The van der Waals surface area contributed by atoms with Gasteiger partial charge in [-0.25, -0.2) is 0 Å². The van der Waals surface area contributed by atoms with Gasteiger partial charge < -0.3 is 10.6 Å². The molecule has 0 bridgehead atoms. The fraction of sp³-hybridized carbons (Fsp3) is 0.200. The molecule has 4 nitrogen and oxygen atoms in total. The highest BCUT2D eigenvalue weighted by Gasteiger charge is 2.26. The molecule has 0 saturated carbocycles. The molecule has 1 aromatic carbocycles. The molecule has 19 heavy (non-hydrogen) atoms. The maximum Gasteiger partial charge on any atom is 0.259 e. The second-order valence-corrected chi connectivity index (χ2v) is 4.79. The Kier molecular flexibility index (Phi) is 2.71. The number of carbonyl (C=O) groups is 1. The number of amides is 1. The number of benzene rings is 1. The van der Waals surface area contributed by atoms with Gasteiger partial charge in [0.05, 0.1) is 5.56 Å². The van der Waals surface area contributed by atoms with Crippen LogP contribution in [0.1, 0.15) is 21.5 Å². The lowest BCUT2D eigenvalue weighted by Gasteiger charge is -2.18. The normalized spacial score (nSPS) is 13.4. The molecule has 4 heteroatoms. The van der Waals surface area contributed by atoms with Crippen LogP contribution in [0.4, 0.5) is 11.4 Å². The summed E-state index contributed by atoms with van der Waals surface area (Å²) >= 11 is 0. The molecule has 0 unspecified atom stereocenters. The van der Waals surface area contributed by atoms with E-state index in [0.29, 0.717) is 12.1 Å². The number of anilines is 2. The Morgan fingerprint density at radius 3 is 3.00 bits per heavy atom. The van der Waals surface area contributed by atoms with Crippen LogP contribution in [0.5, 0.6) is 0 Å². The molecule has 0 radical (unpaired) electrons. The average Bonchev–Trinajstić information content (AvgIpc) is 2.82.